The number of nitrogens with zero attached hydrogens (tertiary/aromatic N) is 2. The van der Waals surface area contributed by atoms with Crippen molar-refractivity contribution in [3.63, 3.8) is 0 Å². The van der Waals surface area contributed by atoms with Crippen molar-refractivity contribution in [3.8, 4) is 0 Å². The van der Waals surface area contributed by atoms with Crippen LogP contribution in [0.2, 0.25) is 5.02 Å². The van der Waals surface area contributed by atoms with E-state index in [1.807, 2.05) is 36.4 Å². The molecule has 0 aliphatic carbocycles. The zero-order valence-corrected chi connectivity index (χ0v) is 16.5. The molecule has 1 saturated heterocycles. The predicted octanol–water partition coefficient (Wildman–Crippen LogP) is 3.19. The molecular weight excluding hydrogens is 376 g/mol. The molecule has 5 nitrogen and oxygen atoms in total. The van der Waals surface area contributed by atoms with Crippen molar-refractivity contribution in [2.24, 2.45) is 0 Å². The molecule has 1 atom stereocenters. The second-order valence-corrected chi connectivity index (χ2v) is 8.07. The van der Waals surface area contributed by atoms with Crippen LogP contribution < -0.4 is 0 Å². The van der Waals surface area contributed by atoms with Gasteiger partial charge < -0.3 is 14.9 Å². The summed E-state index contributed by atoms with van der Waals surface area (Å²) in [6.07, 6.45) is 0.919. The Kier molecular flexibility index (Phi) is 4.89. The first kappa shape index (κ1) is 19.0. The van der Waals surface area contributed by atoms with Crippen LogP contribution in [0.4, 0.5) is 0 Å². The minimum Gasteiger partial charge on any atom is -0.385 e. The van der Waals surface area contributed by atoms with Gasteiger partial charge in [0, 0.05) is 30.2 Å². The van der Waals surface area contributed by atoms with Gasteiger partial charge >= 0.3 is 0 Å². The van der Waals surface area contributed by atoms with Crippen molar-refractivity contribution in [2.45, 2.75) is 38.0 Å². The second kappa shape index (κ2) is 7.22. The molecular formula is C22H23ClN2O3. The third-order valence-corrected chi connectivity index (χ3v) is 6.21. The minimum absolute atomic E-state index is 0.0701. The summed E-state index contributed by atoms with van der Waals surface area (Å²) in [5, 5.41) is 11.6. The summed E-state index contributed by atoms with van der Waals surface area (Å²) in [6.45, 7) is 3.16. The van der Waals surface area contributed by atoms with Crippen molar-refractivity contribution in [3.05, 3.63) is 70.2 Å². The second-order valence-electron chi connectivity index (χ2n) is 7.63. The molecule has 1 unspecified atom stereocenters. The molecule has 0 radical (unpaired) electrons. The molecule has 0 bridgehead atoms. The lowest BCUT2D eigenvalue weighted by molar-refractivity contribution is -0.140. The number of hydrogen-bond donors (Lipinski definition) is 1. The van der Waals surface area contributed by atoms with Crippen molar-refractivity contribution in [2.75, 3.05) is 13.1 Å². The fourth-order valence-corrected chi connectivity index (χ4v) is 4.26. The zero-order chi connectivity index (χ0) is 19.9. The lowest BCUT2D eigenvalue weighted by Crippen LogP contribution is -2.52. The van der Waals surface area contributed by atoms with E-state index in [1.165, 1.54) is 0 Å². The molecule has 146 valence electrons. The van der Waals surface area contributed by atoms with E-state index in [4.69, 9.17) is 11.6 Å². The Morgan fingerprint density at radius 2 is 1.75 bits per heavy atom. The van der Waals surface area contributed by atoms with E-state index >= 15 is 0 Å². The predicted molar refractivity (Wildman–Crippen MR) is 107 cm³/mol. The molecule has 2 aromatic carbocycles. The molecule has 6 heteroatoms. The van der Waals surface area contributed by atoms with E-state index in [2.05, 4.69) is 0 Å². The quantitative estimate of drug-likeness (QED) is 0.863. The van der Waals surface area contributed by atoms with Crippen molar-refractivity contribution in [1.82, 2.24) is 9.80 Å². The number of carbonyl (C=O) groups is 2. The van der Waals surface area contributed by atoms with Crippen molar-refractivity contribution in [1.29, 1.82) is 0 Å². The first-order valence-electron chi connectivity index (χ1n) is 9.55. The van der Waals surface area contributed by atoms with Crippen LogP contribution in [-0.2, 0) is 16.9 Å². The summed E-state index contributed by atoms with van der Waals surface area (Å²) in [6, 6.07) is 14.2. The third kappa shape index (κ3) is 3.29. The number of hydrogen-bond acceptors (Lipinski definition) is 3. The van der Waals surface area contributed by atoms with E-state index in [-0.39, 0.29) is 11.8 Å². The van der Waals surface area contributed by atoms with Crippen LogP contribution in [-0.4, -0.2) is 45.9 Å². The maximum Gasteiger partial charge on any atom is 0.255 e. The van der Waals surface area contributed by atoms with E-state index in [9.17, 15) is 14.7 Å². The number of benzene rings is 2. The highest BCUT2D eigenvalue weighted by Gasteiger charge is 2.39. The normalized spacial score (nSPS) is 19.5. The highest BCUT2D eigenvalue weighted by molar-refractivity contribution is 6.30. The summed E-state index contributed by atoms with van der Waals surface area (Å²) in [7, 11) is 0. The molecule has 2 aromatic rings. The van der Waals surface area contributed by atoms with Gasteiger partial charge in [0.2, 0.25) is 5.91 Å². The Hall–Kier alpha value is -2.37. The molecule has 1 N–H and O–H groups in total. The molecule has 0 saturated carbocycles. The minimum atomic E-state index is -0.954. The topological polar surface area (TPSA) is 60.9 Å². The summed E-state index contributed by atoms with van der Waals surface area (Å²) < 4.78 is 0. The molecule has 2 amide bonds. The standard InChI is InChI=1S/C22H23ClN2O3/c1-15(25-14-16-4-2-3-5-19(16)21(25)27)20(26)24-12-10-22(28,11-13-24)17-6-8-18(23)9-7-17/h2-9,15,28H,10-14H2,1H3. The summed E-state index contributed by atoms with van der Waals surface area (Å²) in [4.78, 5) is 29.0. The average Bonchev–Trinajstić information content (AvgIpc) is 3.05. The van der Waals surface area contributed by atoms with E-state index < -0.39 is 11.6 Å². The van der Waals surface area contributed by atoms with Gasteiger partial charge in [0.25, 0.3) is 5.91 Å². The summed E-state index contributed by atoms with van der Waals surface area (Å²) in [5.41, 5.74) is 1.51. The van der Waals surface area contributed by atoms with Gasteiger partial charge in [0.15, 0.2) is 0 Å². The fourth-order valence-electron chi connectivity index (χ4n) is 4.13. The Balaban J connectivity index is 1.42. The number of halogens is 1. The number of carbonyl (C=O) groups excluding carboxylic acids is 2. The van der Waals surface area contributed by atoms with E-state index in [0.29, 0.717) is 43.1 Å². The van der Waals surface area contributed by atoms with Gasteiger partial charge in [-0.05, 0) is 49.1 Å². The highest BCUT2D eigenvalue weighted by atomic mass is 35.5. The molecule has 4 rings (SSSR count). The Morgan fingerprint density at radius 3 is 2.39 bits per heavy atom. The average molecular weight is 399 g/mol. The van der Waals surface area contributed by atoms with E-state index in [1.54, 1.807) is 28.9 Å². The van der Waals surface area contributed by atoms with Gasteiger partial charge in [0.1, 0.15) is 6.04 Å². The van der Waals surface area contributed by atoms with Crippen LogP contribution >= 0.6 is 11.6 Å². The van der Waals surface area contributed by atoms with E-state index in [0.717, 1.165) is 11.1 Å². The van der Waals surface area contributed by atoms with Crippen LogP contribution in [0.1, 0.15) is 41.3 Å². The summed E-state index contributed by atoms with van der Waals surface area (Å²) >= 11 is 5.94. The summed E-state index contributed by atoms with van der Waals surface area (Å²) in [5.74, 6) is -0.162. The first-order valence-corrected chi connectivity index (χ1v) is 9.93. The molecule has 2 aliphatic heterocycles. The molecule has 28 heavy (non-hydrogen) atoms. The largest absolute Gasteiger partial charge is 0.385 e. The zero-order valence-electron chi connectivity index (χ0n) is 15.8. The van der Waals surface area contributed by atoms with Gasteiger partial charge in [0.05, 0.1) is 5.60 Å². The number of rotatable bonds is 3. The maximum atomic E-state index is 13.0. The van der Waals surface area contributed by atoms with Crippen LogP contribution in [0.25, 0.3) is 0 Å². The highest BCUT2D eigenvalue weighted by Crippen LogP contribution is 2.34. The smallest absolute Gasteiger partial charge is 0.255 e. The van der Waals surface area contributed by atoms with Gasteiger partial charge in [-0.15, -0.1) is 0 Å². The van der Waals surface area contributed by atoms with Crippen LogP contribution in [0.3, 0.4) is 0 Å². The third-order valence-electron chi connectivity index (χ3n) is 5.96. The van der Waals surface area contributed by atoms with Gasteiger partial charge in [-0.2, -0.15) is 0 Å². The van der Waals surface area contributed by atoms with Gasteiger partial charge in [-0.1, -0.05) is 41.9 Å². The molecule has 0 spiro atoms. The Labute approximate surface area is 169 Å². The van der Waals surface area contributed by atoms with Crippen molar-refractivity contribution >= 4 is 23.4 Å². The molecule has 2 aliphatic rings. The van der Waals surface area contributed by atoms with Gasteiger partial charge in [-0.25, -0.2) is 0 Å². The Bertz CT molecular complexity index is 904. The lowest BCUT2D eigenvalue weighted by atomic mass is 9.84. The number of likely N-dealkylation sites (tertiary alicyclic amines) is 1. The molecule has 2 heterocycles. The van der Waals surface area contributed by atoms with Crippen LogP contribution in [0.5, 0.6) is 0 Å². The number of piperidine rings is 1. The number of aliphatic hydroxyl groups is 1. The molecule has 1 fully saturated rings. The molecule has 0 aromatic heterocycles. The fraction of sp³-hybridized carbons (Fsp3) is 0.364. The SMILES string of the molecule is CC(C(=O)N1CCC(O)(c2ccc(Cl)cc2)CC1)N1Cc2ccccc2C1=O. The van der Waals surface area contributed by atoms with Crippen molar-refractivity contribution < 1.29 is 14.7 Å². The van der Waals surface area contributed by atoms with Crippen LogP contribution in [0.15, 0.2) is 48.5 Å². The maximum absolute atomic E-state index is 13.0. The lowest BCUT2D eigenvalue weighted by Gasteiger charge is -2.40. The Morgan fingerprint density at radius 1 is 1.11 bits per heavy atom. The number of amides is 2. The first-order chi connectivity index (χ1) is 13.4. The van der Waals surface area contributed by atoms with Crippen LogP contribution in [0, 0.1) is 0 Å². The monoisotopic (exact) mass is 398 g/mol. The number of fused-ring (bicyclic) bond motifs is 1. The van der Waals surface area contributed by atoms with Gasteiger partial charge in [-0.3, -0.25) is 9.59 Å².